The van der Waals surface area contributed by atoms with Crippen LogP contribution in [0.2, 0.25) is 0 Å². The average molecular weight is 233 g/mol. The maximum atomic E-state index is 11.8. The number of hydrogen-bond acceptors (Lipinski definition) is 3. The second-order valence-electron chi connectivity index (χ2n) is 4.17. The van der Waals surface area contributed by atoms with Gasteiger partial charge in [-0.1, -0.05) is 19.1 Å². The Morgan fingerprint density at radius 1 is 1.41 bits per heavy atom. The Labute approximate surface area is 99.9 Å². The molecule has 1 N–H and O–H groups in total. The molecule has 0 aromatic heterocycles. The van der Waals surface area contributed by atoms with Gasteiger partial charge in [0.05, 0.1) is 11.6 Å². The molecule has 1 fully saturated rings. The Hall–Kier alpha value is -1.68. The molecule has 2 rings (SSSR count). The molecule has 1 aliphatic heterocycles. The number of carboxylic acid groups (broad SMARTS) is 1. The summed E-state index contributed by atoms with van der Waals surface area (Å²) in [6, 6.07) is 6.39. The van der Waals surface area contributed by atoms with Crippen molar-refractivity contribution in [3.8, 4) is 0 Å². The number of ketones is 1. The molecular formula is C13H15NO3. The largest absolute Gasteiger partial charge is 0.478 e. The van der Waals surface area contributed by atoms with Gasteiger partial charge in [0.15, 0.2) is 5.78 Å². The van der Waals surface area contributed by atoms with Gasteiger partial charge in [0.1, 0.15) is 0 Å². The van der Waals surface area contributed by atoms with Crippen molar-refractivity contribution in [3.63, 3.8) is 0 Å². The Morgan fingerprint density at radius 3 is 2.59 bits per heavy atom. The van der Waals surface area contributed by atoms with Crippen LogP contribution in [0.5, 0.6) is 0 Å². The van der Waals surface area contributed by atoms with Gasteiger partial charge in [0.25, 0.3) is 0 Å². The van der Waals surface area contributed by atoms with Gasteiger partial charge in [-0.3, -0.25) is 9.69 Å². The van der Waals surface area contributed by atoms with Crippen molar-refractivity contribution in [2.75, 3.05) is 13.1 Å². The highest BCUT2D eigenvalue weighted by Crippen LogP contribution is 2.28. The zero-order valence-electron chi connectivity index (χ0n) is 9.72. The molecule has 1 unspecified atom stereocenters. The smallest absolute Gasteiger partial charge is 0.335 e. The highest BCUT2D eigenvalue weighted by Gasteiger charge is 2.32. The van der Waals surface area contributed by atoms with E-state index in [1.165, 1.54) is 0 Å². The van der Waals surface area contributed by atoms with E-state index in [2.05, 4.69) is 4.90 Å². The predicted octanol–water partition coefficient (Wildman–Crippen LogP) is 1.72. The summed E-state index contributed by atoms with van der Waals surface area (Å²) in [7, 11) is 0. The van der Waals surface area contributed by atoms with Crippen molar-refractivity contribution in [1.29, 1.82) is 0 Å². The molecule has 1 aromatic rings. The van der Waals surface area contributed by atoms with Gasteiger partial charge < -0.3 is 5.11 Å². The molecule has 90 valence electrons. The summed E-state index contributed by atoms with van der Waals surface area (Å²) in [4.78, 5) is 24.7. The van der Waals surface area contributed by atoms with Crippen LogP contribution in [0, 0.1) is 0 Å². The van der Waals surface area contributed by atoms with E-state index in [-0.39, 0.29) is 17.4 Å². The number of hydrogen-bond donors (Lipinski definition) is 1. The molecule has 0 amide bonds. The Kier molecular flexibility index (Phi) is 3.24. The summed E-state index contributed by atoms with van der Waals surface area (Å²) in [6.07, 6.45) is 0.583. The highest BCUT2D eigenvalue weighted by molar-refractivity contribution is 5.89. The summed E-state index contributed by atoms with van der Waals surface area (Å²) >= 11 is 0. The number of carbonyl (C=O) groups excluding carboxylic acids is 1. The highest BCUT2D eigenvalue weighted by atomic mass is 16.4. The summed E-state index contributed by atoms with van der Waals surface area (Å²) in [6.45, 7) is 3.65. The van der Waals surface area contributed by atoms with Crippen LogP contribution in [-0.2, 0) is 4.79 Å². The van der Waals surface area contributed by atoms with Crippen LogP contribution >= 0.6 is 0 Å². The first-order valence-electron chi connectivity index (χ1n) is 5.73. The summed E-state index contributed by atoms with van der Waals surface area (Å²) in [5.41, 5.74) is 1.14. The maximum absolute atomic E-state index is 11.8. The molecular weight excluding hydrogens is 218 g/mol. The summed E-state index contributed by atoms with van der Waals surface area (Å²) in [5.74, 6) is -0.725. The van der Waals surface area contributed by atoms with E-state index < -0.39 is 5.97 Å². The molecule has 0 spiro atoms. The minimum absolute atomic E-state index is 0.192. The number of benzene rings is 1. The monoisotopic (exact) mass is 233 g/mol. The molecule has 0 bridgehead atoms. The molecule has 4 heteroatoms. The number of Topliss-reactive ketones (excluding diaryl/α,β-unsaturated/α-hetero) is 1. The molecule has 1 heterocycles. The van der Waals surface area contributed by atoms with Gasteiger partial charge >= 0.3 is 5.97 Å². The molecule has 1 saturated heterocycles. The first kappa shape index (κ1) is 11.8. The van der Waals surface area contributed by atoms with E-state index in [0.29, 0.717) is 6.42 Å². The van der Waals surface area contributed by atoms with Crippen molar-refractivity contribution in [3.05, 3.63) is 35.4 Å². The third kappa shape index (κ3) is 2.22. The molecule has 1 aromatic carbocycles. The zero-order valence-corrected chi connectivity index (χ0v) is 9.72. The van der Waals surface area contributed by atoms with Gasteiger partial charge in [0, 0.05) is 13.0 Å². The Bertz CT molecular complexity index is 438. The lowest BCUT2D eigenvalue weighted by Gasteiger charge is -2.21. The topological polar surface area (TPSA) is 57.6 Å². The maximum Gasteiger partial charge on any atom is 0.335 e. The molecule has 0 saturated carbocycles. The predicted molar refractivity (Wildman–Crippen MR) is 63.0 cm³/mol. The number of aromatic carboxylic acids is 1. The lowest BCUT2D eigenvalue weighted by Crippen LogP contribution is -2.25. The standard InChI is InChI=1S/C13H15NO3/c1-2-14-8-7-11(15)12(14)9-3-5-10(6-4-9)13(16)17/h3-6,12H,2,7-8H2,1H3,(H,16,17). The molecule has 17 heavy (non-hydrogen) atoms. The molecule has 0 aliphatic carbocycles. The third-order valence-electron chi connectivity index (χ3n) is 3.20. The van der Waals surface area contributed by atoms with E-state index in [4.69, 9.17) is 5.11 Å². The minimum Gasteiger partial charge on any atom is -0.478 e. The first-order chi connectivity index (χ1) is 8.13. The fraction of sp³-hybridized carbons (Fsp3) is 0.385. The first-order valence-corrected chi connectivity index (χ1v) is 5.73. The van der Waals surface area contributed by atoms with Gasteiger partial charge in [-0.15, -0.1) is 0 Å². The number of likely N-dealkylation sites (tertiary alicyclic amines) is 1. The van der Waals surface area contributed by atoms with E-state index in [9.17, 15) is 9.59 Å². The minimum atomic E-state index is -0.943. The average Bonchev–Trinajstić information content (AvgIpc) is 2.70. The number of rotatable bonds is 3. The van der Waals surface area contributed by atoms with E-state index >= 15 is 0 Å². The van der Waals surface area contributed by atoms with E-state index in [0.717, 1.165) is 18.7 Å². The Balaban J connectivity index is 2.27. The van der Waals surface area contributed by atoms with Crippen LogP contribution in [0.25, 0.3) is 0 Å². The zero-order chi connectivity index (χ0) is 12.4. The number of carbonyl (C=O) groups is 2. The van der Waals surface area contributed by atoms with Crippen LogP contribution in [0.15, 0.2) is 24.3 Å². The van der Waals surface area contributed by atoms with Crippen LogP contribution < -0.4 is 0 Å². The number of nitrogens with zero attached hydrogens (tertiary/aromatic N) is 1. The van der Waals surface area contributed by atoms with Crippen LogP contribution in [0.3, 0.4) is 0 Å². The Morgan fingerprint density at radius 2 is 2.06 bits per heavy atom. The lowest BCUT2D eigenvalue weighted by atomic mass is 10.0. The normalized spacial score (nSPS) is 20.8. The fourth-order valence-electron chi connectivity index (χ4n) is 2.27. The van der Waals surface area contributed by atoms with Crippen LogP contribution in [0.1, 0.15) is 35.3 Å². The lowest BCUT2D eigenvalue weighted by molar-refractivity contribution is -0.120. The van der Waals surface area contributed by atoms with Gasteiger partial charge in [0.2, 0.25) is 0 Å². The van der Waals surface area contributed by atoms with Gasteiger partial charge in [-0.2, -0.15) is 0 Å². The van der Waals surface area contributed by atoms with Crippen LogP contribution in [0.4, 0.5) is 0 Å². The molecule has 1 atom stereocenters. The summed E-state index contributed by atoms with van der Waals surface area (Å²) in [5, 5.41) is 8.81. The van der Waals surface area contributed by atoms with Crippen LogP contribution in [-0.4, -0.2) is 34.8 Å². The van der Waals surface area contributed by atoms with Crippen molar-refractivity contribution in [1.82, 2.24) is 4.90 Å². The quantitative estimate of drug-likeness (QED) is 0.863. The van der Waals surface area contributed by atoms with Crippen molar-refractivity contribution in [2.45, 2.75) is 19.4 Å². The van der Waals surface area contributed by atoms with Crippen molar-refractivity contribution in [2.24, 2.45) is 0 Å². The molecule has 1 aliphatic rings. The SMILES string of the molecule is CCN1CCC(=O)C1c1ccc(C(=O)O)cc1. The van der Waals surface area contributed by atoms with E-state index in [1.807, 2.05) is 6.92 Å². The molecule has 0 radical (unpaired) electrons. The fourth-order valence-corrected chi connectivity index (χ4v) is 2.27. The van der Waals surface area contributed by atoms with E-state index in [1.54, 1.807) is 24.3 Å². The van der Waals surface area contributed by atoms with Gasteiger partial charge in [-0.05, 0) is 24.2 Å². The van der Waals surface area contributed by atoms with Crippen molar-refractivity contribution < 1.29 is 14.7 Å². The number of likely N-dealkylation sites (N-methyl/N-ethyl adjacent to an activating group) is 1. The number of carboxylic acids is 1. The third-order valence-corrected chi connectivity index (χ3v) is 3.20. The summed E-state index contributed by atoms with van der Waals surface area (Å²) < 4.78 is 0. The second-order valence-corrected chi connectivity index (χ2v) is 4.17. The van der Waals surface area contributed by atoms with Crippen molar-refractivity contribution >= 4 is 11.8 Å². The molecule has 4 nitrogen and oxygen atoms in total. The van der Waals surface area contributed by atoms with Gasteiger partial charge in [-0.25, -0.2) is 4.79 Å². The second kappa shape index (κ2) is 4.67.